The molecule has 8 nitrogen and oxygen atoms in total. The number of nitrogens with one attached hydrogen (secondary N) is 1. The van der Waals surface area contributed by atoms with Crippen molar-refractivity contribution in [2.45, 2.75) is 25.7 Å². The van der Waals surface area contributed by atoms with Crippen molar-refractivity contribution in [3.05, 3.63) is 66.1 Å². The van der Waals surface area contributed by atoms with Crippen LogP contribution in [0.15, 0.2) is 48.7 Å². The molecular formula is C26H28F3N5O3. The molecule has 0 spiro atoms. The highest BCUT2D eigenvalue weighted by Crippen LogP contribution is 2.24. The van der Waals surface area contributed by atoms with E-state index in [2.05, 4.69) is 20.2 Å². The molecule has 11 heteroatoms. The fourth-order valence-corrected chi connectivity index (χ4v) is 3.92. The number of likely N-dealkylation sites (tertiary alicyclic amines) is 1. The first-order valence-corrected chi connectivity index (χ1v) is 12.0. The Labute approximate surface area is 213 Å². The van der Waals surface area contributed by atoms with E-state index in [4.69, 9.17) is 9.47 Å². The normalized spacial score (nSPS) is 13.7. The number of aromatic nitrogens is 2. The van der Waals surface area contributed by atoms with Gasteiger partial charge < -0.3 is 19.7 Å². The number of carbonyl (C=O) groups is 1. The van der Waals surface area contributed by atoms with Crippen LogP contribution in [0.5, 0.6) is 11.5 Å². The molecule has 37 heavy (non-hydrogen) atoms. The van der Waals surface area contributed by atoms with Crippen LogP contribution in [0.4, 0.5) is 35.4 Å². The molecule has 1 N–H and O–H groups in total. The number of hydrogen-bond acceptors (Lipinski definition) is 7. The topological polar surface area (TPSA) is 79.8 Å². The zero-order valence-electron chi connectivity index (χ0n) is 20.4. The van der Waals surface area contributed by atoms with Gasteiger partial charge in [0.15, 0.2) is 11.6 Å². The summed E-state index contributed by atoms with van der Waals surface area (Å²) in [6.45, 7) is 3.59. The molecule has 1 saturated heterocycles. The lowest BCUT2D eigenvalue weighted by molar-refractivity contribution is 0.203. The van der Waals surface area contributed by atoms with Crippen molar-refractivity contribution in [3.63, 3.8) is 0 Å². The first kappa shape index (κ1) is 26.2. The number of ether oxygens (including phenoxy) is 2. The smallest absolute Gasteiger partial charge is 0.420 e. The summed E-state index contributed by atoms with van der Waals surface area (Å²) in [7, 11) is 1.38. The third kappa shape index (κ3) is 7.56. The Hall–Kier alpha value is -3.86. The second-order valence-corrected chi connectivity index (χ2v) is 8.65. The number of piperidine rings is 1. The molecular weight excluding hydrogens is 487 g/mol. The summed E-state index contributed by atoms with van der Waals surface area (Å²) in [6, 6.07) is 8.32. The number of benzene rings is 2. The van der Waals surface area contributed by atoms with Gasteiger partial charge >= 0.3 is 6.09 Å². The van der Waals surface area contributed by atoms with E-state index in [9.17, 15) is 18.0 Å². The van der Waals surface area contributed by atoms with Crippen LogP contribution in [0.2, 0.25) is 0 Å². The Morgan fingerprint density at radius 1 is 1.05 bits per heavy atom. The van der Waals surface area contributed by atoms with E-state index in [0.717, 1.165) is 43.1 Å². The molecule has 2 aromatic carbocycles. The summed E-state index contributed by atoms with van der Waals surface area (Å²) in [4.78, 5) is 24.1. The summed E-state index contributed by atoms with van der Waals surface area (Å²) < 4.78 is 51.9. The quantitative estimate of drug-likeness (QED) is 0.376. The fraction of sp³-hybridized carbons (Fsp3) is 0.346. The predicted octanol–water partition coefficient (Wildman–Crippen LogP) is 5.53. The highest BCUT2D eigenvalue weighted by atomic mass is 19.1. The monoisotopic (exact) mass is 515 g/mol. The maximum atomic E-state index is 14.6. The molecule has 0 bridgehead atoms. The minimum absolute atomic E-state index is 0.101. The SMILES string of the molecule is CN(C(=O)Oc1cc(F)cc(F)c1)c1ccnc(Nc2ccc(OCCCN3CCCCC3)c(F)c2)n1. The van der Waals surface area contributed by atoms with Crippen LogP contribution in [0.1, 0.15) is 25.7 Å². The van der Waals surface area contributed by atoms with E-state index in [1.807, 2.05) is 0 Å². The number of halogens is 3. The van der Waals surface area contributed by atoms with Gasteiger partial charge in [-0.25, -0.2) is 22.9 Å². The molecule has 3 aromatic rings. The first-order chi connectivity index (χ1) is 17.9. The Morgan fingerprint density at radius 3 is 2.54 bits per heavy atom. The lowest BCUT2D eigenvalue weighted by Crippen LogP contribution is -2.31. The minimum Gasteiger partial charge on any atom is -0.490 e. The number of carbonyl (C=O) groups excluding carboxylic acids is 1. The van der Waals surface area contributed by atoms with Crippen molar-refractivity contribution in [3.8, 4) is 11.5 Å². The summed E-state index contributed by atoms with van der Waals surface area (Å²) in [6.07, 6.45) is 5.05. The molecule has 0 radical (unpaired) electrons. The Bertz CT molecular complexity index is 1200. The molecule has 4 rings (SSSR count). The number of amides is 1. The van der Waals surface area contributed by atoms with E-state index in [1.165, 1.54) is 50.7 Å². The van der Waals surface area contributed by atoms with Crippen molar-refractivity contribution in [1.82, 2.24) is 14.9 Å². The molecule has 0 saturated carbocycles. The van der Waals surface area contributed by atoms with Crippen LogP contribution in [-0.4, -0.2) is 54.2 Å². The van der Waals surface area contributed by atoms with Crippen LogP contribution in [0.25, 0.3) is 0 Å². The Kier molecular flexibility index (Phi) is 8.78. The van der Waals surface area contributed by atoms with E-state index < -0.39 is 23.5 Å². The zero-order valence-corrected chi connectivity index (χ0v) is 20.4. The molecule has 1 fully saturated rings. The first-order valence-electron chi connectivity index (χ1n) is 12.0. The predicted molar refractivity (Wildman–Crippen MR) is 133 cm³/mol. The van der Waals surface area contributed by atoms with Crippen LogP contribution < -0.4 is 19.7 Å². The lowest BCUT2D eigenvalue weighted by Gasteiger charge is -2.26. The number of rotatable bonds is 9. The molecule has 0 aliphatic carbocycles. The van der Waals surface area contributed by atoms with Crippen molar-refractivity contribution in [2.75, 3.05) is 43.5 Å². The van der Waals surface area contributed by atoms with Gasteiger partial charge in [0.25, 0.3) is 0 Å². The third-order valence-corrected chi connectivity index (χ3v) is 5.81. The fourth-order valence-electron chi connectivity index (χ4n) is 3.92. The largest absolute Gasteiger partial charge is 0.490 e. The van der Waals surface area contributed by atoms with Gasteiger partial charge in [0, 0.05) is 49.7 Å². The van der Waals surface area contributed by atoms with Gasteiger partial charge in [-0.1, -0.05) is 6.42 Å². The van der Waals surface area contributed by atoms with E-state index in [-0.39, 0.29) is 23.3 Å². The highest BCUT2D eigenvalue weighted by Gasteiger charge is 2.17. The Balaban J connectivity index is 1.31. The van der Waals surface area contributed by atoms with Crippen molar-refractivity contribution < 1.29 is 27.4 Å². The van der Waals surface area contributed by atoms with Gasteiger partial charge in [0.1, 0.15) is 23.2 Å². The van der Waals surface area contributed by atoms with Crippen molar-refractivity contribution in [1.29, 1.82) is 0 Å². The second-order valence-electron chi connectivity index (χ2n) is 8.65. The molecule has 1 aliphatic rings. The van der Waals surface area contributed by atoms with Crippen molar-refractivity contribution in [2.24, 2.45) is 0 Å². The number of nitrogens with zero attached hydrogens (tertiary/aromatic N) is 4. The molecule has 196 valence electrons. The van der Waals surface area contributed by atoms with Gasteiger partial charge in [0.05, 0.1) is 6.61 Å². The van der Waals surface area contributed by atoms with Gasteiger partial charge in [-0.2, -0.15) is 4.98 Å². The number of hydrogen-bond donors (Lipinski definition) is 1. The van der Waals surface area contributed by atoms with Crippen LogP contribution in [-0.2, 0) is 0 Å². The van der Waals surface area contributed by atoms with E-state index >= 15 is 0 Å². The van der Waals surface area contributed by atoms with Gasteiger partial charge in [-0.15, -0.1) is 0 Å². The average Bonchev–Trinajstić information content (AvgIpc) is 2.87. The van der Waals surface area contributed by atoms with Gasteiger partial charge in [-0.3, -0.25) is 4.90 Å². The van der Waals surface area contributed by atoms with Gasteiger partial charge in [0.2, 0.25) is 5.95 Å². The molecule has 0 atom stereocenters. The maximum Gasteiger partial charge on any atom is 0.420 e. The summed E-state index contributed by atoms with van der Waals surface area (Å²) in [5.74, 6) is -2.15. The summed E-state index contributed by atoms with van der Waals surface area (Å²) >= 11 is 0. The molecule has 0 unspecified atom stereocenters. The lowest BCUT2D eigenvalue weighted by atomic mass is 10.1. The van der Waals surface area contributed by atoms with E-state index in [1.54, 1.807) is 6.07 Å². The van der Waals surface area contributed by atoms with Crippen LogP contribution in [0, 0.1) is 17.5 Å². The highest BCUT2D eigenvalue weighted by molar-refractivity contribution is 5.87. The Morgan fingerprint density at radius 2 is 1.81 bits per heavy atom. The summed E-state index contributed by atoms with van der Waals surface area (Å²) in [5, 5.41) is 2.88. The maximum absolute atomic E-state index is 14.6. The van der Waals surface area contributed by atoms with Gasteiger partial charge in [-0.05, 0) is 50.6 Å². The third-order valence-electron chi connectivity index (χ3n) is 5.81. The zero-order chi connectivity index (χ0) is 26.2. The van der Waals surface area contributed by atoms with Crippen molar-refractivity contribution >= 4 is 23.5 Å². The minimum atomic E-state index is -0.914. The molecule has 1 aliphatic heterocycles. The summed E-state index contributed by atoms with van der Waals surface area (Å²) in [5.41, 5.74) is 0.385. The standard InChI is InChI=1S/C26H28F3N5O3/c1-33(26(35)37-21-15-18(27)14-19(28)16-21)24-8-9-30-25(32-24)31-20-6-7-23(22(29)17-20)36-13-5-12-34-10-3-2-4-11-34/h6-9,14-17H,2-5,10-13H2,1H3,(H,30,31,32). The van der Waals surface area contributed by atoms with Crippen LogP contribution >= 0.6 is 0 Å². The molecule has 2 heterocycles. The van der Waals surface area contributed by atoms with E-state index in [0.29, 0.717) is 18.4 Å². The molecule has 1 amide bonds. The molecule has 1 aromatic heterocycles. The number of anilines is 3. The average molecular weight is 516 g/mol. The van der Waals surface area contributed by atoms with Crippen LogP contribution in [0.3, 0.4) is 0 Å². The second kappa shape index (κ2) is 12.4.